The number of halogens is 1. The van der Waals surface area contributed by atoms with Crippen LogP contribution in [0.1, 0.15) is 29.7 Å². The lowest BCUT2D eigenvalue weighted by atomic mass is 10.0. The van der Waals surface area contributed by atoms with Crippen molar-refractivity contribution in [2.75, 3.05) is 46.5 Å². The van der Waals surface area contributed by atoms with E-state index in [2.05, 4.69) is 59.7 Å². The van der Waals surface area contributed by atoms with E-state index in [1.807, 2.05) is 18.2 Å². The van der Waals surface area contributed by atoms with Crippen molar-refractivity contribution in [1.82, 2.24) is 15.5 Å². The van der Waals surface area contributed by atoms with Crippen LogP contribution in [0.4, 0.5) is 0 Å². The molecule has 6 nitrogen and oxygen atoms in total. The van der Waals surface area contributed by atoms with E-state index in [1.54, 1.807) is 7.11 Å². The summed E-state index contributed by atoms with van der Waals surface area (Å²) in [5.74, 6) is 1.68. The number of aliphatic imine (C=N–C) groups is 1. The lowest BCUT2D eigenvalue weighted by Gasteiger charge is -2.35. The molecule has 170 valence electrons. The average Bonchev–Trinajstić information content (AvgIpc) is 2.79. The molecule has 0 bridgehead atoms. The molecule has 1 saturated heterocycles. The molecule has 31 heavy (non-hydrogen) atoms. The van der Waals surface area contributed by atoms with E-state index < -0.39 is 0 Å². The highest BCUT2D eigenvalue weighted by Gasteiger charge is 2.22. The minimum absolute atomic E-state index is 0. The van der Waals surface area contributed by atoms with Crippen molar-refractivity contribution in [1.29, 1.82) is 0 Å². The number of nitrogens with zero attached hydrogens (tertiary/aromatic N) is 2. The van der Waals surface area contributed by atoms with Gasteiger partial charge in [-0.25, -0.2) is 4.99 Å². The summed E-state index contributed by atoms with van der Waals surface area (Å²) >= 11 is 0. The van der Waals surface area contributed by atoms with Gasteiger partial charge in [-0.05, 0) is 25.5 Å². The Bertz CT molecular complexity index is 807. The molecule has 1 fully saturated rings. The Balaban J connectivity index is 0.00000341. The fraction of sp³-hybridized carbons (Fsp3) is 0.458. The van der Waals surface area contributed by atoms with E-state index in [9.17, 15) is 0 Å². The standard InChI is InChI=1S/C24H34N4O2.HI/c1-4-25-24(26-17-21-7-5-6-8-23(21)29-3)27-18-22(28-13-15-30-16-14-28)20-11-9-19(2)10-12-20;/h5-12,22H,4,13-18H2,1-3H3,(H2,25,26,27);1H. The van der Waals surface area contributed by atoms with Crippen LogP contribution in [0.15, 0.2) is 53.5 Å². The zero-order chi connectivity index (χ0) is 21.2. The minimum atomic E-state index is 0. The Morgan fingerprint density at radius 1 is 1.10 bits per heavy atom. The van der Waals surface area contributed by atoms with Gasteiger partial charge in [-0.3, -0.25) is 4.90 Å². The highest BCUT2D eigenvalue weighted by molar-refractivity contribution is 14.0. The first-order valence-electron chi connectivity index (χ1n) is 10.7. The van der Waals surface area contributed by atoms with Crippen molar-refractivity contribution >= 4 is 29.9 Å². The predicted molar refractivity (Wildman–Crippen MR) is 138 cm³/mol. The summed E-state index contributed by atoms with van der Waals surface area (Å²) in [6, 6.07) is 17.1. The third-order valence-electron chi connectivity index (χ3n) is 5.36. The summed E-state index contributed by atoms with van der Waals surface area (Å²) in [6.45, 7) is 9.80. The summed E-state index contributed by atoms with van der Waals surface area (Å²) < 4.78 is 11.0. The summed E-state index contributed by atoms with van der Waals surface area (Å²) in [5.41, 5.74) is 3.66. The maximum Gasteiger partial charge on any atom is 0.191 e. The molecule has 2 aromatic carbocycles. The number of hydrogen-bond acceptors (Lipinski definition) is 4. The van der Waals surface area contributed by atoms with Crippen LogP contribution in [0.25, 0.3) is 0 Å². The molecule has 1 aliphatic rings. The number of methoxy groups -OCH3 is 1. The second-order valence-corrected chi connectivity index (χ2v) is 7.46. The average molecular weight is 538 g/mol. The SMILES string of the molecule is CCNC(=NCc1ccccc1OC)NCC(c1ccc(C)cc1)N1CCOCC1.I. The molecule has 2 N–H and O–H groups in total. The first-order chi connectivity index (χ1) is 14.7. The monoisotopic (exact) mass is 538 g/mol. The molecular formula is C24H35IN4O2. The van der Waals surface area contributed by atoms with Crippen LogP contribution in [0.5, 0.6) is 5.75 Å². The lowest BCUT2D eigenvalue weighted by Crippen LogP contribution is -2.46. The predicted octanol–water partition coefficient (Wildman–Crippen LogP) is 3.75. The lowest BCUT2D eigenvalue weighted by molar-refractivity contribution is 0.0170. The molecule has 0 saturated carbocycles. The number of rotatable bonds is 8. The second-order valence-electron chi connectivity index (χ2n) is 7.46. The Labute approximate surface area is 203 Å². The van der Waals surface area contributed by atoms with Crippen LogP contribution in [0, 0.1) is 6.92 Å². The highest BCUT2D eigenvalue weighted by atomic mass is 127. The third kappa shape index (κ3) is 7.66. The van der Waals surface area contributed by atoms with E-state index in [0.29, 0.717) is 6.54 Å². The number of hydrogen-bond donors (Lipinski definition) is 2. The van der Waals surface area contributed by atoms with Gasteiger partial charge in [0.25, 0.3) is 0 Å². The van der Waals surface area contributed by atoms with E-state index in [1.165, 1.54) is 11.1 Å². The van der Waals surface area contributed by atoms with Gasteiger partial charge < -0.3 is 20.1 Å². The molecule has 0 spiro atoms. The first kappa shape index (κ1) is 25.4. The van der Waals surface area contributed by atoms with Crippen molar-refractivity contribution in [3.8, 4) is 5.75 Å². The van der Waals surface area contributed by atoms with E-state index in [0.717, 1.165) is 56.7 Å². The quantitative estimate of drug-likeness (QED) is 0.305. The van der Waals surface area contributed by atoms with E-state index in [4.69, 9.17) is 14.5 Å². The second kappa shape index (κ2) is 13.5. The van der Waals surface area contributed by atoms with Gasteiger partial charge in [0.2, 0.25) is 0 Å². The van der Waals surface area contributed by atoms with Gasteiger partial charge in [0, 0.05) is 31.7 Å². The van der Waals surface area contributed by atoms with Crippen molar-refractivity contribution in [2.24, 2.45) is 4.99 Å². The summed E-state index contributed by atoms with van der Waals surface area (Å²) in [7, 11) is 1.69. The molecular weight excluding hydrogens is 503 g/mol. The molecule has 0 aromatic heterocycles. The van der Waals surface area contributed by atoms with Crippen molar-refractivity contribution in [3.63, 3.8) is 0 Å². The fourth-order valence-electron chi connectivity index (χ4n) is 3.67. The van der Waals surface area contributed by atoms with Gasteiger partial charge in [0.05, 0.1) is 32.9 Å². The van der Waals surface area contributed by atoms with Crippen LogP contribution in [0.3, 0.4) is 0 Å². The number of benzene rings is 2. The smallest absolute Gasteiger partial charge is 0.191 e. The van der Waals surface area contributed by atoms with Gasteiger partial charge in [-0.1, -0.05) is 48.0 Å². The molecule has 0 radical (unpaired) electrons. The van der Waals surface area contributed by atoms with Gasteiger partial charge >= 0.3 is 0 Å². The largest absolute Gasteiger partial charge is 0.496 e. The Kier molecular flexibility index (Phi) is 11.1. The maximum atomic E-state index is 5.57. The third-order valence-corrected chi connectivity index (χ3v) is 5.36. The maximum absolute atomic E-state index is 5.57. The van der Waals surface area contributed by atoms with Gasteiger partial charge in [0.1, 0.15) is 5.75 Å². The molecule has 1 unspecified atom stereocenters. The van der Waals surface area contributed by atoms with Crippen molar-refractivity contribution < 1.29 is 9.47 Å². The minimum Gasteiger partial charge on any atom is -0.496 e. The fourth-order valence-corrected chi connectivity index (χ4v) is 3.67. The first-order valence-corrected chi connectivity index (χ1v) is 10.7. The van der Waals surface area contributed by atoms with E-state index >= 15 is 0 Å². The van der Waals surface area contributed by atoms with Gasteiger partial charge in [-0.15, -0.1) is 24.0 Å². The molecule has 1 heterocycles. The zero-order valence-corrected chi connectivity index (χ0v) is 21.1. The molecule has 0 aliphatic carbocycles. The highest BCUT2D eigenvalue weighted by Crippen LogP contribution is 2.22. The van der Waals surface area contributed by atoms with Crippen LogP contribution < -0.4 is 15.4 Å². The van der Waals surface area contributed by atoms with Crippen LogP contribution in [-0.2, 0) is 11.3 Å². The number of para-hydroxylation sites is 1. The topological polar surface area (TPSA) is 58.1 Å². The molecule has 0 amide bonds. The summed E-state index contributed by atoms with van der Waals surface area (Å²) in [4.78, 5) is 7.28. The number of ether oxygens (including phenoxy) is 2. The van der Waals surface area contributed by atoms with Crippen LogP contribution >= 0.6 is 24.0 Å². The van der Waals surface area contributed by atoms with Gasteiger partial charge in [-0.2, -0.15) is 0 Å². The summed E-state index contributed by atoms with van der Waals surface area (Å²) in [5, 5.41) is 6.92. The molecule has 7 heteroatoms. The van der Waals surface area contributed by atoms with Crippen LogP contribution in [-0.4, -0.2) is 57.4 Å². The van der Waals surface area contributed by atoms with Crippen molar-refractivity contribution in [3.05, 3.63) is 65.2 Å². The number of guanidine groups is 1. The molecule has 1 atom stereocenters. The molecule has 2 aromatic rings. The Morgan fingerprint density at radius 3 is 2.48 bits per heavy atom. The van der Waals surface area contributed by atoms with Crippen LogP contribution in [0.2, 0.25) is 0 Å². The Hall–Kier alpha value is -1.84. The molecule has 1 aliphatic heterocycles. The molecule has 3 rings (SSSR count). The number of nitrogens with one attached hydrogen (secondary N) is 2. The summed E-state index contributed by atoms with van der Waals surface area (Å²) in [6.07, 6.45) is 0. The normalized spacial score (nSPS) is 15.6. The van der Waals surface area contributed by atoms with Crippen molar-refractivity contribution in [2.45, 2.75) is 26.4 Å². The number of morpholine rings is 1. The Morgan fingerprint density at radius 2 is 1.81 bits per heavy atom. The number of aryl methyl sites for hydroxylation is 1. The van der Waals surface area contributed by atoms with Gasteiger partial charge in [0.15, 0.2) is 5.96 Å². The van der Waals surface area contributed by atoms with E-state index in [-0.39, 0.29) is 30.0 Å². The zero-order valence-electron chi connectivity index (χ0n) is 18.8.